The smallest absolute Gasteiger partial charge is 0.0837 e. The quantitative estimate of drug-likeness (QED) is 0.406. The zero-order valence-corrected chi connectivity index (χ0v) is 7.34. The van der Waals surface area contributed by atoms with Crippen LogP contribution in [-0.4, -0.2) is 16.4 Å². The van der Waals surface area contributed by atoms with Crippen LogP contribution in [0.5, 0.6) is 0 Å². The SMILES string of the molecule is CC(=NO)c1cccc(Cl)c1.O. The highest BCUT2D eigenvalue weighted by molar-refractivity contribution is 6.31. The van der Waals surface area contributed by atoms with Gasteiger partial charge in [-0.3, -0.25) is 0 Å². The lowest BCUT2D eigenvalue weighted by molar-refractivity contribution is 0.319. The highest BCUT2D eigenvalue weighted by Crippen LogP contribution is 2.10. The van der Waals surface area contributed by atoms with Crippen molar-refractivity contribution < 1.29 is 10.7 Å². The molecule has 0 fully saturated rings. The second-order valence-corrected chi connectivity index (χ2v) is 2.63. The van der Waals surface area contributed by atoms with E-state index in [0.29, 0.717) is 10.7 Å². The highest BCUT2D eigenvalue weighted by Gasteiger charge is 1.96. The molecule has 4 heteroatoms. The van der Waals surface area contributed by atoms with Crippen LogP contribution in [-0.2, 0) is 0 Å². The normalized spacial score (nSPS) is 10.7. The predicted molar refractivity (Wildman–Crippen MR) is 49.1 cm³/mol. The van der Waals surface area contributed by atoms with E-state index in [1.54, 1.807) is 19.1 Å². The average Bonchev–Trinajstić information content (AvgIpc) is 2.03. The first kappa shape index (κ1) is 10.9. The molecule has 0 saturated heterocycles. The summed E-state index contributed by atoms with van der Waals surface area (Å²) in [6, 6.07) is 7.17. The molecular weight excluding hydrogens is 178 g/mol. The third-order valence-corrected chi connectivity index (χ3v) is 1.63. The zero-order valence-electron chi connectivity index (χ0n) is 6.58. The predicted octanol–water partition coefficient (Wildman–Crippen LogP) is 1.71. The molecule has 0 aliphatic heterocycles. The van der Waals surface area contributed by atoms with Gasteiger partial charge in [0.05, 0.1) is 5.71 Å². The maximum atomic E-state index is 8.42. The molecule has 66 valence electrons. The molecule has 3 N–H and O–H groups in total. The average molecular weight is 188 g/mol. The van der Waals surface area contributed by atoms with Gasteiger partial charge < -0.3 is 10.7 Å². The third-order valence-electron chi connectivity index (χ3n) is 1.39. The van der Waals surface area contributed by atoms with Crippen LogP contribution in [0.1, 0.15) is 12.5 Å². The second-order valence-electron chi connectivity index (χ2n) is 2.20. The molecule has 0 aromatic heterocycles. The van der Waals surface area contributed by atoms with Crippen molar-refractivity contribution in [3.05, 3.63) is 34.9 Å². The van der Waals surface area contributed by atoms with Gasteiger partial charge in [-0.15, -0.1) is 0 Å². The van der Waals surface area contributed by atoms with Gasteiger partial charge >= 0.3 is 0 Å². The van der Waals surface area contributed by atoms with E-state index in [1.807, 2.05) is 12.1 Å². The van der Waals surface area contributed by atoms with Crippen molar-refractivity contribution in [2.24, 2.45) is 5.16 Å². The standard InChI is InChI=1S/C8H8ClNO.H2O/c1-6(10-11)7-3-2-4-8(9)5-7;/h2-5,11H,1H3;1H2. The molecule has 12 heavy (non-hydrogen) atoms. The Labute approximate surface area is 75.6 Å². The van der Waals surface area contributed by atoms with Gasteiger partial charge in [0.15, 0.2) is 0 Å². The monoisotopic (exact) mass is 187 g/mol. The van der Waals surface area contributed by atoms with Crippen molar-refractivity contribution >= 4 is 17.3 Å². The van der Waals surface area contributed by atoms with Crippen molar-refractivity contribution in [2.45, 2.75) is 6.92 Å². The van der Waals surface area contributed by atoms with Gasteiger partial charge in [0.2, 0.25) is 0 Å². The van der Waals surface area contributed by atoms with Crippen LogP contribution in [0.2, 0.25) is 5.02 Å². The molecule has 0 aliphatic carbocycles. The fourth-order valence-electron chi connectivity index (χ4n) is 0.771. The van der Waals surface area contributed by atoms with E-state index in [0.717, 1.165) is 5.56 Å². The Bertz CT molecular complexity index is 286. The van der Waals surface area contributed by atoms with Gasteiger partial charge in [-0.2, -0.15) is 0 Å². The Hall–Kier alpha value is -1.06. The summed E-state index contributed by atoms with van der Waals surface area (Å²) >= 11 is 5.71. The van der Waals surface area contributed by atoms with E-state index in [1.165, 1.54) is 0 Å². The Morgan fingerprint density at radius 3 is 2.67 bits per heavy atom. The minimum atomic E-state index is 0. The lowest BCUT2D eigenvalue weighted by Gasteiger charge is -1.97. The van der Waals surface area contributed by atoms with Gasteiger partial charge in [0, 0.05) is 10.6 Å². The summed E-state index contributed by atoms with van der Waals surface area (Å²) in [7, 11) is 0. The first-order valence-electron chi connectivity index (χ1n) is 3.18. The van der Waals surface area contributed by atoms with E-state index < -0.39 is 0 Å². The minimum Gasteiger partial charge on any atom is -0.412 e. The fourth-order valence-corrected chi connectivity index (χ4v) is 0.962. The summed E-state index contributed by atoms with van der Waals surface area (Å²) in [4.78, 5) is 0. The van der Waals surface area contributed by atoms with Gasteiger partial charge in [0.1, 0.15) is 0 Å². The number of nitrogens with zero attached hydrogens (tertiary/aromatic N) is 1. The molecule has 1 aromatic carbocycles. The van der Waals surface area contributed by atoms with E-state index >= 15 is 0 Å². The Morgan fingerprint density at radius 1 is 1.50 bits per heavy atom. The van der Waals surface area contributed by atoms with Crippen molar-refractivity contribution in [2.75, 3.05) is 0 Å². The molecule has 0 spiro atoms. The molecular formula is C8H10ClNO2. The maximum Gasteiger partial charge on any atom is 0.0837 e. The van der Waals surface area contributed by atoms with Crippen LogP contribution >= 0.6 is 11.6 Å². The minimum absolute atomic E-state index is 0. The molecule has 1 rings (SSSR count). The molecule has 0 bridgehead atoms. The molecule has 0 amide bonds. The number of benzene rings is 1. The van der Waals surface area contributed by atoms with E-state index in [2.05, 4.69) is 5.16 Å². The van der Waals surface area contributed by atoms with E-state index in [9.17, 15) is 0 Å². The van der Waals surface area contributed by atoms with Crippen molar-refractivity contribution in [3.8, 4) is 0 Å². The Morgan fingerprint density at radius 2 is 2.17 bits per heavy atom. The van der Waals surface area contributed by atoms with Crippen LogP contribution in [0, 0.1) is 0 Å². The fraction of sp³-hybridized carbons (Fsp3) is 0.125. The molecule has 0 saturated carbocycles. The molecule has 0 heterocycles. The Balaban J connectivity index is 0.00000121. The van der Waals surface area contributed by atoms with Crippen LogP contribution in [0.4, 0.5) is 0 Å². The number of hydrogen-bond donors (Lipinski definition) is 1. The molecule has 0 radical (unpaired) electrons. The highest BCUT2D eigenvalue weighted by atomic mass is 35.5. The van der Waals surface area contributed by atoms with Crippen molar-refractivity contribution in [1.29, 1.82) is 0 Å². The lowest BCUT2D eigenvalue weighted by atomic mass is 10.1. The van der Waals surface area contributed by atoms with Crippen LogP contribution in [0.3, 0.4) is 0 Å². The summed E-state index contributed by atoms with van der Waals surface area (Å²) in [5.74, 6) is 0. The molecule has 0 atom stereocenters. The lowest BCUT2D eigenvalue weighted by Crippen LogP contribution is -1.92. The third kappa shape index (κ3) is 2.53. The van der Waals surface area contributed by atoms with Gasteiger partial charge in [-0.05, 0) is 19.1 Å². The van der Waals surface area contributed by atoms with Gasteiger partial charge in [-0.1, -0.05) is 28.9 Å². The zero-order chi connectivity index (χ0) is 8.27. The number of halogens is 1. The summed E-state index contributed by atoms with van der Waals surface area (Å²) in [5.41, 5.74) is 1.40. The molecule has 0 aliphatic rings. The summed E-state index contributed by atoms with van der Waals surface area (Å²) in [5, 5.41) is 12.1. The van der Waals surface area contributed by atoms with Crippen LogP contribution in [0.15, 0.2) is 29.4 Å². The second kappa shape index (κ2) is 4.74. The summed E-state index contributed by atoms with van der Waals surface area (Å²) in [6.45, 7) is 1.71. The first-order chi connectivity index (χ1) is 5.24. The molecule has 1 aromatic rings. The van der Waals surface area contributed by atoms with Gasteiger partial charge in [-0.25, -0.2) is 0 Å². The van der Waals surface area contributed by atoms with Crippen LogP contribution < -0.4 is 0 Å². The van der Waals surface area contributed by atoms with Crippen molar-refractivity contribution in [3.63, 3.8) is 0 Å². The number of oxime groups is 1. The Kier molecular flexibility index (Phi) is 4.33. The number of hydrogen-bond acceptors (Lipinski definition) is 2. The first-order valence-corrected chi connectivity index (χ1v) is 3.56. The summed E-state index contributed by atoms with van der Waals surface area (Å²) < 4.78 is 0. The molecule has 0 unspecified atom stereocenters. The largest absolute Gasteiger partial charge is 0.412 e. The molecule has 3 nitrogen and oxygen atoms in total. The topological polar surface area (TPSA) is 64.1 Å². The van der Waals surface area contributed by atoms with Crippen LogP contribution in [0.25, 0.3) is 0 Å². The van der Waals surface area contributed by atoms with E-state index in [-0.39, 0.29) is 5.48 Å². The summed E-state index contributed by atoms with van der Waals surface area (Å²) in [6.07, 6.45) is 0. The van der Waals surface area contributed by atoms with Crippen molar-refractivity contribution in [1.82, 2.24) is 0 Å². The van der Waals surface area contributed by atoms with E-state index in [4.69, 9.17) is 16.8 Å². The van der Waals surface area contributed by atoms with Gasteiger partial charge in [0.25, 0.3) is 0 Å². The maximum absolute atomic E-state index is 8.42. The number of rotatable bonds is 1.